The third-order valence-electron chi connectivity index (χ3n) is 4.12. The van der Waals surface area contributed by atoms with Gasteiger partial charge in [-0.2, -0.15) is 0 Å². The Bertz CT molecular complexity index is 568. The fraction of sp³-hybridized carbons (Fsp3) is 0.579. The van der Waals surface area contributed by atoms with Crippen LogP contribution in [0, 0.1) is 0 Å². The van der Waals surface area contributed by atoms with E-state index in [0.717, 1.165) is 36.8 Å². The number of aliphatic carboxylic acids is 1. The molecule has 24 heavy (non-hydrogen) atoms. The molecule has 0 radical (unpaired) electrons. The predicted octanol–water partition coefficient (Wildman–Crippen LogP) is 3.99. The number of amides is 1. The van der Waals surface area contributed by atoms with Crippen LogP contribution in [0.1, 0.15) is 57.6 Å². The van der Waals surface area contributed by atoms with E-state index >= 15 is 0 Å². The second-order valence-electron chi connectivity index (χ2n) is 7.43. The van der Waals surface area contributed by atoms with Crippen molar-refractivity contribution in [1.29, 1.82) is 0 Å². The summed E-state index contributed by atoms with van der Waals surface area (Å²) in [7, 11) is 0. The Morgan fingerprint density at radius 2 is 1.67 bits per heavy atom. The molecule has 2 rings (SSSR count). The van der Waals surface area contributed by atoms with Crippen LogP contribution >= 0.6 is 0 Å². The monoisotopic (exact) mass is 333 g/mol. The third kappa shape index (κ3) is 5.55. The van der Waals surface area contributed by atoms with E-state index in [4.69, 9.17) is 9.84 Å². The maximum atomic E-state index is 12.6. The van der Waals surface area contributed by atoms with Gasteiger partial charge in [0.25, 0.3) is 0 Å². The molecule has 132 valence electrons. The number of hydrogen-bond acceptors (Lipinski definition) is 3. The molecular formula is C19H27NO4. The molecule has 0 spiro atoms. The van der Waals surface area contributed by atoms with E-state index in [9.17, 15) is 9.59 Å². The van der Waals surface area contributed by atoms with E-state index in [1.807, 2.05) is 49.9 Å². The molecule has 1 aliphatic carbocycles. The van der Waals surface area contributed by atoms with Crippen LogP contribution in [0.4, 0.5) is 4.79 Å². The van der Waals surface area contributed by atoms with Crippen molar-refractivity contribution in [3.05, 3.63) is 35.4 Å². The zero-order valence-electron chi connectivity index (χ0n) is 14.7. The fourth-order valence-corrected chi connectivity index (χ4v) is 3.01. The van der Waals surface area contributed by atoms with Gasteiger partial charge in [-0.15, -0.1) is 0 Å². The summed E-state index contributed by atoms with van der Waals surface area (Å²) in [5, 5.41) is 8.84. The number of hydrogen-bond donors (Lipinski definition) is 1. The van der Waals surface area contributed by atoms with E-state index in [1.165, 1.54) is 0 Å². The van der Waals surface area contributed by atoms with Gasteiger partial charge < -0.3 is 14.7 Å². The van der Waals surface area contributed by atoms with Crippen LogP contribution in [0.25, 0.3) is 0 Å². The first kappa shape index (κ1) is 18.3. The normalized spacial score (nSPS) is 15.3. The molecule has 1 amide bonds. The first-order chi connectivity index (χ1) is 11.2. The van der Waals surface area contributed by atoms with Crippen molar-refractivity contribution in [3.63, 3.8) is 0 Å². The maximum absolute atomic E-state index is 12.6. The molecule has 1 N–H and O–H groups in total. The summed E-state index contributed by atoms with van der Waals surface area (Å²) in [5.41, 5.74) is 1.23. The molecule has 0 unspecified atom stereocenters. The molecule has 1 aromatic rings. The lowest BCUT2D eigenvalue weighted by molar-refractivity contribution is -0.136. The topological polar surface area (TPSA) is 66.8 Å². The highest BCUT2D eigenvalue weighted by molar-refractivity contribution is 5.70. The Hall–Kier alpha value is -2.04. The molecule has 0 atom stereocenters. The summed E-state index contributed by atoms with van der Waals surface area (Å²) >= 11 is 0. The van der Waals surface area contributed by atoms with Crippen molar-refractivity contribution in [3.8, 4) is 0 Å². The molecule has 5 heteroatoms. The summed E-state index contributed by atoms with van der Waals surface area (Å²) < 4.78 is 5.57. The standard InChI is InChI=1S/C19H27NO4/c1-19(2,3)24-18(23)20(16-6-4-5-7-16)13-15-10-8-14(9-11-15)12-17(21)22/h8-11,16H,4-7,12-13H2,1-3H3,(H,21,22). The lowest BCUT2D eigenvalue weighted by Crippen LogP contribution is -2.41. The predicted molar refractivity (Wildman–Crippen MR) is 91.8 cm³/mol. The summed E-state index contributed by atoms with van der Waals surface area (Å²) in [4.78, 5) is 25.2. The summed E-state index contributed by atoms with van der Waals surface area (Å²) in [6.45, 7) is 6.11. The minimum absolute atomic E-state index is 0.0126. The van der Waals surface area contributed by atoms with Gasteiger partial charge in [-0.25, -0.2) is 4.79 Å². The number of nitrogens with zero attached hydrogens (tertiary/aromatic N) is 1. The second kappa shape index (κ2) is 7.69. The van der Waals surface area contributed by atoms with Gasteiger partial charge >= 0.3 is 12.1 Å². The molecule has 1 aliphatic rings. The highest BCUT2D eigenvalue weighted by Crippen LogP contribution is 2.26. The Labute approximate surface area is 143 Å². The van der Waals surface area contributed by atoms with E-state index < -0.39 is 11.6 Å². The van der Waals surface area contributed by atoms with Crippen LogP contribution in [0.5, 0.6) is 0 Å². The van der Waals surface area contributed by atoms with Crippen molar-refractivity contribution in [2.24, 2.45) is 0 Å². The smallest absolute Gasteiger partial charge is 0.410 e. The van der Waals surface area contributed by atoms with Crippen molar-refractivity contribution >= 4 is 12.1 Å². The largest absolute Gasteiger partial charge is 0.481 e. The molecule has 1 saturated carbocycles. The number of carboxylic acid groups (broad SMARTS) is 1. The van der Waals surface area contributed by atoms with Gasteiger partial charge in [0.2, 0.25) is 0 Å². The first-order valence-electron chi connectivity index (χ1n) is 8.54. The molecule has 1 fully saturated rings. The number of carbonyl (C=O) groups excluding carboxylic acids is 1. The quantitative estimate of drug-likeness (QED) is 0.884. The highest BCUT2D eigenvalue weighted by atomic mass is 16.6. The lowest BCUT2D eigenvalue weighted by Gasteiger charge is -2.31. The van der Waals surface area contributed by atoms with Crippen molar-refractivity contribution in [1.82, 2.24) is 4.90 Å². The highest BCUT2D eigenvalue weighted by Gasteiger charge is 2.30. The van der Waals surface area contributed by atoms with Gasteiger partial charge in [-0.1, -0.05) is 37.1 Å². The van der Waals surface area contributed by atoms with Crippen LogP contribution in [-0.2, 0) is 22.5 Å². The minimum atomic E-state index is -0.843. The Morgan fingerprint density at radius 1 is 1.12 bits per heavy atom. The summed E-state index contributed by atoms with van der Waals surface area (Å²) in [5.74, 6) is -0.843. The Kier molecular flexibility index (Phi) is 5.86. The molecule has 0 bridgehead atoms. The van der Waals surface area contributed by atoms with Crippen LogP contribution in [0.3, 0.4) is 0 Å². The van der Waals surface area contributed by atoms with Crippen LogP contribution in [0.15, 0.2) is 24.3 Å². The Morgan fingerprint density at radius 3 is 2.17 bits per heavy atom. The van der Waals surface area contributed by atoms with E-state index in [2.05, 4.69) is 0 Å². The molecule has 0 heterocycles. The number of carbonyl (C=O) groups is 2. The lowest BCUT2D eigenvalue weighted by atomic mass is 10.1. The maximum Gasteiger partial charge on any atom is 0.410 e. The second-order valence-corrected chi connectivity index (χ2v) is 7.43. The van der Waals surface area contributed by atoms with Gasteiger partial charge in [0.1, 0.15) is 5.60 Å². The molecule has 5 nitrogen and oxygen atoms in total. The van der Waals surface area contributed by atoms with Gasteiger partial charge in [0, 0.05) is 12.6 Å². The van der Waals surface area contributed by atoms with E-state index in [1.54, 1.807) is 0 Å². The van der Waals surface area contributed by atoms with Gasteiger partial charge in [0.15, 0.2) is 0 Å². The molecule has 1 aromatic carbocycles. The number of ether oxygens (including phenoxy) is 1. The zero-order chi connectivity index (χ0) is 17.7. The minimum Gasteiger partial charge on any atom is -0.481 e. The zero-order valence-corrected chi connectivity index (χ0v) is 14.7. The SMILES string of the molecule is CC(C)(C)OC(=O)N(Cc1ccc(CC(=O)O)cc1)C1CCCC1. The molecule has 0 saturated heterocycles. The molecular weight excluding hydrogens is 306 g/mol. The number of rotatable bonds is 5. The van der Waals surface area contributed by atoms with Gasteiger partial charge in [0.05, 0.1) is 6.42 Å². The van der Waals surface area contributed by atoms with E-state index in [0.29, 0.717) is 6.54 Å². The molecule has 0 aromatic heterocycles. The van der Waals surface area contributed by atoms with Crippen LogP contribution < -0.4 is 0 Å². The van der Waals surface area contributed by atoms with Crippen molar-refractivity contribution in [2.45, 2.75) is 71.1 Å². The average molecular weight is 333 g/mol. The first-order valence-corrected chi connectivity index (χ1v) is 8.54. The van der Waals surface area contributed by atoms with Crippen molar-refractivity contribution in [2.75, 3.05) is 0 Å². The summed E-state index contributed by atoms with van der Waals surface area (Å²) in [6.07, 6.45) is 4.04. The van der Waals surface area contributed by atoms with Gasteiger partial charge in [-0.05, 0) is 44.7 Å². The van der Waals surface area contributed by atoms with Crippen LogP contribution in [-0.4, -0.2) is 33.7 Å². The third-order valence-corrected chi connectivity index (χ3v) is 4.12. The van der Waals surface area contributed by atoms with Crippen LogP contribution in [0.2, 0.25) is 0 Å². The fourth-order valence-electron chi connectivity index (χ4n) is 3.01. The molecule has 0 aliphatic heterocycles. The van der Waals surface area contributed by atoms with Gasteiger partial charge in [-0.3, -0.25) is 4.79 Å². The van der Waals surface area contributed by atoms with Crippen molar-refractivity contribution < 1.29 is 19.4 Å². The van der Waals surface area contributed by atoms with E-state index in [-0.39, 0.29) is 18.6 Å². The number of benzene rings is 1. The summed E-state index contributed by atoms with van der Waals surface area (Å²) in [6, 6.07) is 7.63. The average Bonchev–Trinajstić information content (AvgIpc) is 2.97. The Balaban J connectivity index is 2.09. The number of carboxylic acids is 1.